The Bertz CT molecular complexity index is 1800. The Hall–Kier alpha value is -5.58. The van der Waals surface area contributed by atoms with Crippen LogP contribution in [0.15, 0.2) is 82.0 Å². The standard InChI is InChI=1S/C31H28N6O5/c1-20-25(33-31(42-20)27-10-7-15-39-27)19-40-26-13-11-22(16-28(26)38-3)18-41-30-23(12-14-29-32-21(2)34-35-29)17-37(36-30)24-8-5-4-6-9-24/h4-17H,18-19H2,1-3H3,(H,32,34,35)/b14-12+. The van der Waals surface area contributed by atoms with Crippen molar-refractivity contribution in [2.45, 2.75) is 27.1 Å². The van der Waals surface area contributed by atoms with Crippen molar-refractivity contribution in [3.63, 3.8) is 0 Å². The number of methoxy groups -OCH3 is 1. The van der Waals surface area contributed by atoms with Gasteiger partial charge in [0.15, 0.2) is 23.1 Å². The second-order valence-corrected chi connectivity index (χ2v) is 9.36. The van der Waals surface area contributed by atoms with Crippen molar-refractivity contribution >= 4 is 12.2 Å². The maximum Gasteiger partial charge on any atom is 0.263 e. The SMILES string of the molecule is COc1cc(COc2nn(-c3ccccc3)cc2/C=C/c2nnc(C)[nH]2)ccc1OCc1nc(-c2ccco2)oc1C. The van der Waals surface area contributed by atoms with Crippen molar-refractivity contribution in [2.24, 2.45) is 0 Å². The fourth-order valence-electron chi connectivity index (χ4n) is 4.21. The van der Waals surface area contributed by atoms with E-state index < -0.39 is 0 Å². The minimum atomic E-state index is 0.208. The van der Waals surface area contributed by atoms with Crippen molar-refractivity contribution in [1.82, 2.24) is 29.9 Å². The Kier molecular flexibility index (Phi) is 7.54. The lowest BCUT2D eigenvalue weighted by Crippen LogP contribution is -2.02. The highest BCUT2D eigenvalue weighted by atomic mass is 16.5. The van der Waals surface area contributed by atoms with Gasteiger partial charge in [-0.25, -0.2) is 9.67 Å². The molecule has 0 aliphatic carbocycles. The van der Waals surface area contributed by atoms with Gasteiger partial charge in [-0.05, 0) is 68.0 Å². The van der Waals surface area contributed by atoms with E-state index in [9.17, 15) is 0 Å². The first kappa shape index (κ1) is 26.6. The van der Waals surface area contributed by atoms with E-state index >= 15 is 0 Å². The lowest BCUT2D eigenvalue weighted by atomic mass is 10.2. The number of para-hydroxylation sites is 1. The van der Waals surface area contributed by atoms with Gasteiger partial charge in [0.05, 0.1) is 24.6 Å². The fraction of sp³-hybridized carbons (Fsp3) is 0.161. The van der Waals surface area contributed by atoms with E-state index in [1.807, 2.05) is 80.7 Å². The van der Waals surface area contributed by atoms with Crippen LogP contribution in [-0.4, -0.2) is 37.1 Å². The predicted molar refractivity (Wildman–Crippen MR) is 154 cm³/mol. The molecule has 0 amide bonds. The minimum absolute atomic E-state index is 0.208. The van der Waals surface area contributed by atoms with Gasteiger partial charge in [-0.3, -0.25) is 0 Å². The van der Waals surface area contributed by atoms with Crippen LogP contribution in [-0.2, 0) is 13.2 Å². The molecule has 4 heterocycles. The predicted octanol–water partition coefficient (Wildman–Crippen LogP) is 6.19. The second kappa shape index (κ2) is 11.9. The highest BCUT2D eigenvalue weighted by Crippen LogP contribution is 2.31. The molecule has 212 valence electrons. The molecule has 2 aromatic carbocycles. The highest BCUT2D eigenvalue weighted by molar-refractivity contribution is 5.69. The molecule has 0 saturated heterocycles. The van der Waals surface area contributed by atoms with Crippen LogP contribution >= 0.6 is 0 Å². The summed E-state index contributed by atoms with van der Waals surface area (Å²) in [5, 5.41) is 12.8. The van der Waals surface area contributed by atoms with Crippen LogP contribution in [0.4, 0.5) is 0 Å². The van der Waals surface area contributed by atoms with Crippen LogP contribution in [0.25, 0.3) is 29.5 Å². The van der Waals surface area contributed by atoms with Crippen molar-refractivity contribution in [1.29, 1.82) is 0 Å². The normalized spacial score (nSPS) is 11.3. The number of H-pyrrole nitrogens is 1. The Morgan fingerprint density at radius 1 is 0.929 bits per heavy atom. The van der Waals surface area contributed by atoms with Gasteiger partial charge in [-0.15, -0.1) is 15.3 Å². The molecule has 0 saturated carbocycles. The number of hydrogen-bond donors (Lipinski definition) is 1. The summed E-state index contributed by atoms with van der Waals surface area (Å²) in [6.07, 6.45) is 7.21. The third-order valence-electron chi connectivity index (χ3n) is 6.36. The van der Waals surface area contributed by atoms with Gasteiger partial charge in [0, 0.05) is 6.20 Å². The van der Waals surface area contributed by atoms with E-state index in [1.54, 1.807) is 30.2 Å². The maximum atomic E-state index is 6.18. The van der Waals surface area contributed by atoms with Crippen molar-refractivity contribution in [2.75, 3.05) is 7.11 Å². The van der Waals surface area contributed by atoms with Crippen LogP contribution in [0.1, 0.15) is 34.2 Å². The number of ether oxygens (including phenoxy) is 3. The number of aromatic nitrogens is 6. The second-order valence-electron chi connectivity index (χ2n) is 9.36. The number of nitrogens with zero attached hydrogens (tertiary/aromatic N) is 5. The number of oxazole rings is 1. The first-order valence-corrected chi connectivity index (χ1v) is 13.2. The zero-order valence-electron chi connectivity index (χ0n) is 23.3. The van der Waals surface area contributed by atoms with E-state index in [0.717, 1.165) is 22.6 Å². The molecule has 0 fully saturated rings. The quantitative estimate of drug-likeness (QED) is 0.196. The Morgan fingerprint density at radius 3 is 2.57 bits per heavy atom. The molecule has 4 aromatic heterocycles. The van der Waals surface area contributed by atoms with Crippen molar-refractivity contribution in [3.05, 3.63) is 107 Å². The lowest BCUT2D eigenvalue weighted by Gasteiger charge is -2.12. The third kappa shape index (κ3) is 5.94. The summed E-state index contributed by atoms with van der Waals surface area (Å²) in [6.45, 7) is 4.16. The number of furan rings is 1. The molecule has 1 N–H and O–H groups in total. The molecule has 11 heteroatoms. The molecule has 0 atom stereocenters. The third-order valence-corrected chi connectivity index (χ3v) is 6.36. The number of rotatable bonds is 11. The molecule has 0 aliphatic rings. The van der Waals surface area contributed by atoms with E-state index in [-0.39, 0.29) is 13.2 Å². The zero-order chi connectivity index (χ0) is 28.9. The molecular formula is C31H28N6O5. The Morgan fingerprint density at radius 2 is 1.81 bits per heavy atom. The zero-order valence-corrected chi connectivity index (χ0v) is 23.3. The number of nitrogens with one attached hydrogen (secondary N) is 1. The average Bonchev–Trinajstić information content (AvgIpc) is 3.82. The van der Waals surface area contributed by atoms with Gasteiger partial charge >= 0.3 is 0 Å². The summed E-state index contributed by atoms with van der Waals surface area (Å²) in [6, 6.07) is 19.1. The molecular weight excluding hydrogens is 536 g/mol. The lowest BCUT2D eigenvalue weighted by molar-refractivity contribution is 0.275. The number of benzene rings is 2. The van der Waals surface area contributed by atoms with Crippen LogP contribution in [0.5, 0.6) is 17.4 Å². The molecule has 0 radical (unpaired) electrons. The van der Waals surface area contributed by atoms with Gasteiger partial charge in [-0.1, -0.05) is 24.3 Å². The van der Waals surface area contributed by atoms with Crippen molar-refractivity contribution in [3.8, 4) is 34.7 Å². The summed E-state index contributed by atoms with van der Waals surface area (Å²) in [5.74, 6) is 4.62. The molecule has 42 heavy (non-hydrogen) atoms. The molecule has 0 aliphatic heterocycles. The largest absolute Gasteiger partial charge is 0.493 e. The number of aromatic amines is 1. The summed E-state index contributed by atoms with van der Waals surface area (Å²) in [7, 11) is 1.60. The van der Waals surface area contributed by atoms with Gasteiger partial charge in [0.2, 0.25) is 5.88 Å². The van der Waals surface area contributed by atoms with Gasteiger partial charge in [0.25, 0.3) is 5.89 Å². The first-order valence-electron chi connectivity index (χ1n) is 13.2. The highest BCUT2D eigenvalue weighted by Gasteiger charge is 2.16. The number of hydrogen-bond acceptors (Lipinski definition) is 9. The molecule has 11 nitrogen and oxygen atoms in total. The molecule has 0 bridgehead atoms. The van der Waals surface area contributed by atoms with Gasteiger partial charge in [0.1, 0.15) is 30.5 Å². The van der Waals surface area contributed by atoms with Gasteiger partial charge < -0.3 is 28.0 Å². The summed E-state index contributed by atoms with van der Waals surface area (Å²) >= 11 is 0. The summed E-state index contributed by atoms with van der Waals surface area (Å²) < 4.78 is 30.7. The van der Waals surface area contributed by atoms with Gasteiger partial charge in [-0.2, -0.15) is 0 Å². The molecule has 0 unspecified atom stereocenters. The van der Waals surface area contributed by atoms with Crippen LogP contribution in [0.3, 0.4) is 0 Å². The summed E-state index contributed by atoms with van der Waals surface area (Å²) in [5.41, 5.74) is 3.26. The fourth-order valence-corrected chi connectivity index (χ4v) is 4.21. The molecule has 6 aromatic rings. The van der Waals surface area contributed by atoms with E-state index in [1.165, 1.54) is 0 Å². The summed E-state index contributed by atoms with van der Waals surface area (Å²) in [4.78, 5) is 7.60. The maximum absolute atomic E-state index is 6.18. The monoisotopic (exact) mass is 564 g/mol. The smallest absolute Gasteiger partial charge is 0.263 e. The van der Waals surface area contributed by atoms with E-state index in [2.05, 4.69) is 25.3 Å². The van der Waals surface area contributed by atoms with Crippen LogP contribution < -0.4 is 14.2 Å². The molecule has 6 rings (SSSR count). The average molecular weight is 565 g/mol. The van der Waals surface area contributed by atoms with Crippen LogP contribution in [0, 0.1) is 13.8 Å². The topological polar surface area (TPSA) is 126 Å². The van der Waals surface area contributed by atoms with E-state index in [0.29, 0.717) is 46.3 Å². The Balaban J connectivity index is 1.17. The minimum Gasteiger partial charge on any atom is -0.493 e. The Labute approximate surface area is 241 Å². The van der Waals surface area contributed by atoms with Crippen LogP contribution in [0.2, 0.25) is 0 Å². The first-order chi connectivity index (χ1) is 20.6. The molecule has 0 spiro atoms. The van der Waals surface area contributed by atoms with Crippen molar-refractivity contribution < 1.29 is 23.0 Å². The van der Waals surface area contributed by atoms with E-state index in [4.69, 9.17) is 23.0 Å². The number of aryl methyl sites for hydroxylation is 2.